The molecule has 2 aromatic heterocycles. The van der Waals surface area contributed by atoms with Crippen LogP contribution in [-0.4, -0.2) is 15.5 Å². The van der Waals surface area contributed by atoms with Gasteiger partial charge in [0.05, 0.1) is 16.9 Å². The van der Waals surface area contributed by atoms with Crippen molar-refractivity contribution >= 4 is 39.9 Å². The summed E-state index contributed by atoms with van der Waals surface area (Å²) in [4.78, 5) is 28.1. The van der Waals surface area contributed by atoms with Crippen molar-refractivity contribution in [1.29, 1.82) is 0 Å². The molecule has 4 rings (SSSR count). The molecule has 1 aliphatic heterocycles. The highest BCUT2D eigenvalue weighted by Crippen LogP contribution is 2.28. The molecule has 0 saturated carbocycles. The van der Waals surface area contributed by atoms with E-state index in [-0.39, 0.29) is 11.1 Å². The summed E-state index contributed by atoms with van der Waals surface area (Å²) in [6.45, 7) is 0.593. The third kappa shape index (κ3) is 2.27. The first-order valence-corrected chi connectivity index (χ1v) is 8.07. The van der Waals surface area contributed by atoms with Crippen LogP contribution in [-0.2, 0) is 6.54 Å². The van der Waals surface area contributed by atoms with Gasteiger partial charge in [-0.3, -0.25) is 9.36 Å². The predicted octanol–water partition coefficient (Wildman–Crippen LogP) is 1.77. The average Bonchev–Trinajstić information content (AvgIpc) is 3.18. The number of nitrogens with zero attached hydrogens (tertiary/aromatic N) is 2. The molecule has 3 aromatic rings. The summed E-state index contributed by atoms with van der Waals surface area (Å²) in [6.07, 6.45) is 2.76. The van der Waals surface area contributed by atoms with E-state index in [0.29, 0.717) is 23.3 Å². The van der Waals surface area contributed by atoms with Gasteiger partial charge in [-0.1, -0.05) is 6.07 Å². The van der Waals surface area contributed by atoms with Crippen molar-refractivity contribution in [2.24, 2.45) is 0 Å². The molecule has 0 unspecified atom stereocenters. The van der Waals surface area contributed by atoms with E-state index in [1.165, 1.54) is 18.2 Å². The number of aromatic carboxylic acids is 1. The molecule has 0 atom stereocenters. The van der Waals surface area contributed by atoms with E-state index in [9.17, 15) is 14.7 Å². The van der Waals surface area contributed by atoms with Crippen LogP contribution in [0, 0.1) is 0 Å². The Morgan fingerprint density at radius 3 is 2.96 bits per heavy atom. The lowest BCUT2D eigenvalue weighted by atomic mass is 10.1. The molecule has 6 heteroatoms. The van der Waals surface area contributed by atoms with Crippen LogP contribution in [0.2, 0.25) is 0 Å². The van der Waals surface area contributed by atoms with Crippen LogP contribution >= 0.6 is 11.3 Å². The third-order valence-electron chi connectivity index (χ3n) is 3.97. The molecule has 0 N–H and O–H groups in total. The highest BCUT2D eigenvalue weighted by atomic mass is 32.1. The van der Waals surface area contributed by atoms with E-state index in [2.05, 4.69) is 4.98 Å². The van der Waals surface area contributed by atoms with Crippen molar-refractivity contribution in [3.8, 4) is 0 Å². The second kappa shape index (κ2) is 5.17. The van der Waals surface area contributed by atoms with Crippen LogP contribution in [0.4, 0.5) is 0 Å². The molecule has 0 amide bonds. The molecule has 0 fully saturated rings. The van der Waals surface area contributed by atoms with E-state index in [4.69, 9.17) is 0 Å². The van der Waals surface area contributed by atoms with Gasteiger partial charge in [-0.05, 0) is 58.2 Å². The van der Waals surface area contributed by atoms with E-state index in [0.717, 1.165) is 17.6 Å². The highest BCUT2D eigenvalue weighted by molar-refractivity contribution is 7.08. The quantitative estimate of drug-likeness (QED) is 0.720. The summed E-state index contributed by atoms with van der Waals surface area (Å²) in [5, 5.41) is 15.5. The van der Waals surface area contributed by atoms with Gasteiger partial charge < -0.3 is 9.90 Å². The van der Waals surface area contributed by atoms with Crippen LogP contribution < -0.4 is 10.7 Å². The van der Waals surface area contributed by atoms with Gasteiger partial charge in [-0.2, -0.15) is 11.3 Å². The molecule has 0 radical (unpaired) electrons. The fourth-order valence-corrected chi connectivity index (χ4v) is 3.46. The first-order chi connectivity index (χ1) is 11.1. The van der Waals surface area contributed by atoms with Gasteiger partial charge in [0.15, 0.2) is 0 Å². The first-order valence-electron chi connectivity index (χ1n) is 7.12. The Kier molecular flexibility index (Phi) is 3.12. The van der Waals surface area contributed by atoms with E-state index in [1.54, 1.807) is 15.9 Å². The van der Waals surface area contributed by atoms with Gasteiger partial charge in [0, 0.05) is 6.54 Å². The molecule has 0 spiro atoms. The van der Waals surface area contributed by atoms with E-state index >= 15 is 0 Å². The Morgan fingerprint density at radius 2 is 2.22 bits per heavy atom. The fraction of sp³-hybridized carbons (Fsp3) is 0.118. The minimum absolute atomic E-state index is 0.0238. The number of hydrogen-bond acceptors (Lipinski definition) is 5. The van der Waals surface area contributed by atoms with Gasteiger partial charge in [-0.15, -0.1) is 0 Å². The number of carbonyl (C=O) groups is 1. The van der Waals surface area contributed by atoms with Crippen molar-refractivity contribution in [1.82, 2.24) is 9.55 Å². The van der Waals surface area contributed by atoms with Crippen LogP contribution in [0.5, 0.6) is 0 Å². The van der Waals surface area contributed by atoms with Crippen molar-refractivity contribution in [3.05, 3.63) is 62.3 Å². The number of rotatable bonds is 2. The zero-order valence-corrected chi connectivity index (χ0v) is 12.8. The normalized spacial score (nSPS) is 15.2. The SMILES string of the molecule is O=C([O-])c1ccc2c(=O)n3c(nc2c1)/C(=C/c1ccsc1)CC3. The molecule has 114 valence electrons. The maximum Gasteiger partial charge on any atom is 0.261 e. The molecular weight excluding hydrogens is 312 g/mol. The Bertz CT molecular complexity index is 1020. The van der Waals surface area contributed by atoms with E-state index < -0.39 is 5.97 Å². The topological polar surface area (TPSA) is 75.0 Å². The summed E-state index contributed by atoms with van der Waals surface area (Å²) in [7, 11) is 0. The van der Waals surface area contributed by atoms with Crippen molar-refractivity contribution in [2.75, 3.05) is 0 Å². The molecule has 1 aromatic carbocycles. The second-order valence-corrected chi connectivity index (χ2v) is 6.17. The zero-order valence-electron chi connectivity index (χ0n) is 12.0. The number of allylic oxidation sites excluding steroid dienone is 1. The molecule has 1 aliphatic rings. The number of hydrogen-bond donors (Lipinski definition) is 0. The Labute approximate surface area is 135 Å². The first kappa shape index (κ1) is 13.9. The molecular formula is C17H11N2O3S-. The van der Waals surface area contributed by atoms with Gasteiger partial charge in [0.25, 0.3) is 5.56 Å². The number of benzene rings is 1. The van der Waals surface area contributed by atoms with Gasteiger partial charge in [-0.25, -0.2) is 4.98 Å². The number of carboxylic acids is 1. The Morgan fingerprint density at radius 1 is 1.35 bits per heavy atom. The number of carbonyl (C=O) groups excluding carboxylic acids is 1. The number of thiophene rings is 1. The van der Waals surface area contributed by atoms with Crippen LogP contribution in [0.15, 0.2) is 39.8 Å². The monoisotopic (exact) mass is 323 g/mol. The van der Waals surface area contributed by atoms with Gasteiger partial charge >= 0.3 is 0 Å². The summed E-state index contributed by atoms with van der Waals surface area (Å²) in [5.41, 5.74) is 2.35. The number of aromatic nitrogens is 2. The number of fused-ring (bicyclic) bond motifs is 2. The van der Waals surface area contributed by atoms with Crippen LogP contribution in [0.3, 0.4) is 0 Å². The van der Waals surface area contributed by atoms with Crippen molar-refractivity contribution in [2.45, 2.75) is 13.0 Å². The summed E-state index contributed by atoms with van der Waals surface area (Å²) in [5.74, 6) is -0.660. The molecule has 3 heterocycles. The molecule has 5 nitrogen and oxygen atoms in total. The largest absolute Gasteiger partial charge is 0.545 e. The Balaban J connectivity index is 1.94. The fourth-order valence-electron chi connectivity index (χ4n) is 2.84. The predicted molar refractivity (Wildman–Crippen MR) is 87.1 cm³/mol. The lowest BCUT2D eigenvalue weighted by Gasteiger charge is -2.07. The standard InChI is InChI=1S/C17H12N2O3S/c20-16-13-2-1-12(17(21)22)8-14(13)18-15-11(3-5-19(15)16)7-10-4-6-23-9-10/h1-2,4,6-9H,3,5H2,(H,21,22)/p-1/b11-7+. The minimum atomic E-state index is -1.27. The lowest BCUT2D eigenvalue weighted by molar-refractivity contribution is -0.255. The zero-order chi connectivity index (χ0) is 16.0. The molecule has 0 saturated heterocycles. The van der Waals surface area contributed by atoms with Crippen LogP contribution in [0.25, 0.3) is 22.6 Å². The maximum absolute atomic E-state index is 12.6. The van der Waals surface area contributed by atoms with Crippen LogP contribution in [0.1, 0.15) is 28.2 Å². The van der Waals surface area contributed by atoms with Gasteiger partial charge in [0.1, 0.15) is 5.82 Å². The summed E-state index contributed by atoms with van der Waals surface area (Å²) in [6, 6.07) is 6.29. The summed E-state index contributed by atoms with van der Waals surface area (Å²) < 4.78 is 1.65. The van der Waals surface area contributed by atoms with Crippen molar-refractivity contribution in [3.63, 3.8) is 0 Å². The average molecular weight is 323 g/mol. The van der Waals surface area contributed by atoms with Crippen molar-refractivity contribution < 1.29 is 9.90 Å². The second-order valence-electron chi connectivity index (χ2n) is 5.39. The van der Waals surface area contributed by atoms with E-state index in [1.807, 2.05) is 22.9 Å². The highest BCUT2D eigenvalue weighted by Gasteiger charge is 2.21. The molecule has 0 bridgehead atoms. The maximum atomic E-state index is 12.6. The molecule has 0 aliphatic carbocycles. The summed E-state index contributed by atoms with van der Waals surface area (Å²) >= 11 is 1.61. The smallest absolute Gasteiger partial charge is 0.261 e. The lowest BCUT2D eigenvalue weighted by Crippen LogP contribution is -2.23. The minimum Gasteiger partial charge on any atom is -0.545 e. The number of carboxylic acid groups (broad SMARTS) is 1. The Hall–Kier alpha value is -2.73. The third-order valence-corrected chi connectivity index (χ3v) is 4.67. The van der Waals surface area contributed by atoms with Gasteiger partial charge in [0.2, 0.25) is 0 Å². The molecule has 23 heavy (non-hydrogen) atoms.